The topological polar surface area (TPSA) is 98.2 Å². The summed E-state index contributed by atoms with van der Waals surface area (Å²) in [5.41, 5.74) is 2.11. The van der Waals surface area contributed by atoms with Crippen LogP contribution in [-0.2, 0) is 16.2 Å². The fourth-order valence-electron chi connectivity index (χ4n) is 5.05. The highest BCUT2D eigenvalue weighted by Crippen LogP contribution is 2.46. The van der Waals surface area contributed by atoms with Crippen molar-refractivity contribution >= 4 is 44.1 Å². The number of thiazole rings is 1. The van der Waals surface area contributed by atoms with Crippen molar-refractivity contribution in [3.63, 3.8) is 0 Å². The summed E-state index contributed by atoms with van der Waals surface area (Å²) in [6.45, 7) is 2.47. The van der Waals surface area contributed by atoms with Gasteiger partial charge in [0.2, 0.25) is 0 Å². The first kappa shape index (κ1) is 28.9. The minimum atomic E-state index is -1.06. The fraction of sp³-hybridized carbons (Fsp3) is 0.147. The molecule has 1 fully saturated rings. The Labute approximate surface area is 256 Å². The number of carbonyl (C=O) groups is 2. The van der Waals surface area contributed by atoms with E-state index in [1.807, 2.05) is 37.3 Å². The highest BCUT2D eigenvalue weighted by Gasteiger charge is 2.48. The molecule has 0 spiro atoms. The number of methoxy groups -OCH3 is 1. The number of hydrogen-bond acceptors (Lipinski definition) is 8. The largest absolute Gasteiger partial charge is 0.507 e. The third kappa shape index (κ3) is 5.47. The average Bonchev–Trinajstić information content (AvgIpc) is 3.58. The van der Waals surface area contributed by atoms with Gasteiger partial charge in [-0.2, -0.15) is 0 Å². The van der Waals surface area contributed by atoms with Crippen molar-refractivity contribution < 1.29 is 33.3 Å². The van der Waals surface area contributed by atoms with Crippen molar-refractivity contribution in [1.29, 1.82) is 0 Å². The number of carbonyl (C=O) groups excluding carboxylic acids is 2. The van der Waals surface area contributed by atoms with Crippen LogP contribution in [0.1, 0.15) is 29.7 Å². The Bertz CT molecular complexity index is 1890. The number of ether oxygens (including phenoxy) is 3. The van der Waals surface area contributed by atoms with Gasteiger partial charge >= 0.3 is 5.91 Å². The van der Waals surface area contributed by atoms with Gasteiger partial charge in [-0.25, -0.2) is 9.37 Å². The molecule has 0 saturated carbocycles. The van der Waals surface area contributed by atoms with Gasteiger partial charge in [0.25, 0.3) is 5.78 Å². The van der Waals surface area contributed by atoms with Crippen molar-refractivity contribution in [3.05, 3.63) is 119 Å². The lowest BCUT2D eigenvalue weighted by Crippen LogP contribution is -2.29. The summed E-state index contributed by atoms with van der Waals surface area (Å²) in [5.74, 6) is -1.18. The third-order valence-electron chi connectivity index (χ3n) is 7.17. The normalized spacial score (nSPS) is 16.0. The maximum atomic E-state index is 13.7. The first-order chi connectivity index (χ1) is 21.4. The molecule has 1 aliphatic rings. The molecule has 0 radical (unpaired) electrons. The van der Waals surface area contributed by atoms with Crippen molar-refractivity contribution in [2.24, 2.45) is 0 Å². The summed E-state index contributed by atoms with van der Waals surface area (Å²) in [5, 5.41) is 11.7. The predicted octanol–water partition coefficient (Wildman–Crippen LogP) is 7.05. The summed E-state index contributed by atoms with van der Waals surface area (Å²) in [7, 11) is 1.56. The van der Waals surface area contributed by atoms with Gasteiger partial charge in [0, 0.05) is 5.56 Å². The first-order valence-electron chi connectivity index (χ1n) is 13.8. The Morgan fingerprint density at radius 2 is 1.73 bits per heavy atom. The van der Waals surface area contributed by atoms with Crippen LogP contribution >= 0.6 is 11.3 Å². The number of aromatic nitrogens is 1. The number of anilines is 1. The number of halogens is 1. The number of amides is 1. The molecular formula is C34H27FN2O6S. The molecule has 2 heterocycles. The fourth-order valence-corrected chi connectivity index (χ4v) is 6.07. The number of aliphatic hydroxyl groups excluding tert-OH is 1. The number of nitrogens with zero attached hydrogens (tertiary/aromatic N) is 2. The molecule has 1 amide bonds. The van der Waals surface area contributed by atoms with Crippen LogP contribution in [0.5, 0.6) is 17.2 Å². The summed E-state index contributed by atoms with van der Waals surface area (Å²) in [4.78, 5) is 33.2. The summed E-state index contributed by atoms with van der Waals surface area (Å²) < 4.78 is 31.8. The Balaban J connectivity index is 1.48. The van der Waals surface area contributed by atoms with Gasteiger partial charge in [0.15, 0.2) is 16.6 Å². The van der Waals surface area contributed by atoms with Gasteiger partial charge in [0.05, 0.1) is 35.5 Å². The molecule has 5 aromatic rings. The summed E-state index contributed by atoms with van der Waals surface area (Å²) in [6.07, 6.45) is 0. The average molecular weight is 611 g/mol. The monoisotopic (exact) mass is 610 g/mol. The van der Waals surface area contributed by atoms with Gasteiger partial charge < -0.3 is 19.3 Å². The van der Waals surface area contributed by atoms with E-state index in [1.165, 1.54) is 40.5 Å². The van der Waals surface area contributed by atoms with Crippen LogP contribution < -0.4 is 19.1 Å². The van der Waals surface area contributed by atoms with Crippen LogP contribution in [0.3, 0.4) is 0 Å². The minimum Gasteiger partial charge on any atom is -0.507 e. The second kappa shape index (κ2) is 12.2. The van der Waals surface area contributed by atoms with E-state index in [-0.39, 0.29) is 16.3 Å². The number of hydrogen-bond donors (Lipinski definition) is 1. The van der Waals surface area contributed by atoms with Gasteiger partial charge in [-0.05, 0) is 72.6 Å². The summed E-state index contributed by atoms with van der Waals surface area (Å²) >= 11 is 1.22. The summed E-state index contributed by atoms with van der Waals surface area (Å²) in [6, 6.07) is 24.1. The van der Waals surface area contributed by atoms with E-state index in [1.54, 1.807) is 43.5 Å². The third-order valence-corrected chi connectivity index (χ3v) is 8.19. The zero-order valence-corrected chi connectivity index (χ0v) is 24.6. The number of ketones is 1. The van der Waals surface area contributed by atoms with E-state index in [9.17, 15) is 19.1 Å². The van der Waals surface area contributed by atoms with E-state index in [0.29, 0.717) is 41.5 Å². The molecule has 1 atom stereocenters. The Hall–Kier alpha value is -5.22. The van der Waals surface area contributed by atoms with Gasteiger partial charge in [-0.3, -0.25) is 14.5 Å². The lowest BCUT2D eigenvalue weighted by atomic mass is 9.95. The zero-order chi connectivity index (χ0) is 30.8. The molecule has 1 saturated heterocycles. The van der Waals surface area contributed by atoms with E-state index in [0.717, 1.165) is 10.3 Å². The molecule has 44 heavy (non-hydrogen) atoms. The highest BCUT2D eigenvalue weighted by molar-refractivity contribution is 7.22. The Kier molecular flexibility index (Phi) is 7.99. The number of rotatable bonds is 9. The van der Waals surface area contributed by atoms with Crippen LogP contribution in [0, 0.1) is 5.82 Å². The standard InChI is InChI=1S/C34H27FN2O6S/c1-3-42-27-17-22(11-16-26(27)43-19-20-7-5-4-6-8-20)30-29(31(38)21-9-12-23(35)13-10-21)32(39)33(40)37(30)34-36-25-15-14-24(41-2)18-28(25)44-34/h4-18,30,38H,3,19H2,1-2H3. The molecule has 1 aliphatic heterocycles. The molecule has 10 heteroatoms. The molecular weight excluding hydrogens is 583 g/mol. The van der Waals surface area contributed by atoms with Crippen LogP contribution in [0.15, 0.2) is 96.6 Å². The highest BCUT2D eigenvalue weighted by atomic mass is 32.1. The first-order valence-corrected chi connectivity index (χ1v) is 14.6. The lowest BCUT2D eigenvalue weighted by Gasteiger charge is -2.24. The van der Waals surface area contributed by atoms with Crippen molar-refractivity contribution in [2.75, 3.05) is 18.6 Å². The van der Waals surface area contributed by atoms with Gasteiger partial charge in [0.1, 0.15) is 23.9 Å². The molecule has 6 rings (SSSR count). The van der Waals surface area contributed by atoms with Crippen molar-refractivity contribution in [1.82, 2.24) is 4.98 Å². The SMILES string of the molecule is CCOc1cc(C2C(=C(O)c3ccc(F)cc3)C(=O)C(=O)N2c2nc3ccc(OC)cc3s2)ccc1OCc1ccccc1. The second-order valence-electron chi connectivity index (χ2n) is 9.92. The van der Waals surface area contributed by atoms with Gasteiger partial charge in [-0.15, -0.1) is 0 Å². The van der Waals surface area contributed by atoms with Crippen molar-refractivity contribution in [2.45, 2.75) is 19.6 Å². The van der Waals surface area contributed by atoms with Crippen molar-refractivity contribution in [3.8, 4) is 17.2 Å². The Morgan fingerprint density at radius 1 is 0.955 bits per heavy atom. The smallest absolute Gasteiger partial charge is 0.301 e. The van der Waals surface area contributed by atoms with E-state index in [2.05, 4.69) is 4.98 Å². The van der Waals surface area contributed by atoms with Crippen LogP contribution in [0.2, 0.25) is 0 Å². The molecule has 8 nitrogen and oxygen atoms in total. The predicted molar refractivity (Wildman–Crippen MR) is 166 cm³/mol. The molecule has 1 N–H and O–H groups in total. The van der Waals surface area contributed by atoms with Gasteiger partial charge in [-0.1, -0.05) is 47.7 Å². The molecule has 0 aliphatic carbocycles. The van der Waals surface area contributed by atoms with Crippen LogP contribution in [0.4, 0.5) is 9.52 Å². The molecule has 222 valence electrons. The molecule has 4 aromatic carbocycles. The van der Waals surface area contributed by atoms with E-state index >= 15 is 0 Å². The quantitative estimate of drug-likeness (QED) is 0.109. The number of aliphatic hydroxyl groups is 1. The van der Waals surface area contributed by atoms with E-state index in [4.69, 9.17) is 14.2 Å². The number of fused-ring (bicyclic) bond motifs is 1. The zero-order valence-electron chi connectivity index (χ0n) is 23.8. The molecule has 1 unspecified atom stereocenters. The van der Waals surface area contributed by atoms with E-state index < -0.39 is 29.3 Å². The number of benzene rings is 4. The molecule has 0 bridgehead atoms. The second-order valence-corrected chi connectivity index (χ2v) is 10.9. The maximum Gasteiger partial charge on any atom is 0.301 e. The van der Waals surface area contributed by atoms with Crippen LogP contribution in [-0.4, -0.2) is 35.5 Å². The maximum absolute atomic E-state index is 13.7. The number of Topliss-reactive ketones (excluding diaryl/α,β-unsaturated/α-hetero) is 1. The minimum absolute atomic E-state index is 0.154. The molecule has 1 aromatic heterocycles. The van der Waals surface area contributed by atoms with Crippen LogP contribution in [0.25, 0.3) is 16.0 Å². The lowest BCUT2D eigenvalue weighted by molar-refractivity contribution is -0.132. The Morgan fingerprint density at radius 3 is 2.45 bits per heavy atom.